The van der Waals surface area contributed by atoms with Gasteiger partial charge in [0.2, 0.25) is 0 Å². The summed E-state index contributed by atoms with van der Waals surface area (Å²) in [7, 11) is 1.70. The fraction of sp³-hybridized carbons (Fsp3) is 0.625. The molecule has 1 unspecified atom stereocenters. The molecule has 0 spiro atoms. The molecule has 108 valence electrons. The summed E-state index contributed by atoms with van der Waals surface area (Å²) < 4.78 is 10.5. The zero-order valence-electron chi connectivity index (χ0n) is 12.1. The number of aliphatic hydroxyl groups is 1. The van der Waals surface area contributed by atoms with Gasteiger partial charge in [-0.1, -0.05) is 24.3 Å². The van der Waals surface area contributed by atoms with Crippen molar-refractivity contribution in [3.8, 4) is 0 Å². The van der Waals surface area contributed by atoms with Gasteiger partial charge in [-0.05, 0) is 43.2 Å². The maximum absolute atomic E-state index is 9.44. The van der Waals surface area contributed by atoms with E-state index in [0.717, 1.165) is 32.5 Å². The van der Waals surface area contributed by atoms with Crippen LogP contribution >= 0.6 is 0 Å². The largest absolute Gasteiger partial charge is 0.396 e. The molecule has 1 aromatic rings. The van der Waals surface area contributed by atoms with E-state index in [2.05, 4.69) is 25.1 Å². The SMILES string of the molecule is COCCCOCCC(CO)Cc1ccccc1C. The van der Waals surface area contributed by atoms with Crippen LogP contribution in [-0.4, -0.2) is 38.6 Å². The van der Waals surface area contributed by atoms with E-state index in [1.54, 1.807) is 7.11 Å². The maximum Gasteiger partial charge on any atom is 0.0487 e. The molecule has 0 amide bonds. The predicted molar refractivity (Wildman–Crippen MR) is 77.4 cm³/mol. The van der Waals surface area contributed by atoms with Crippen LogP contribution in [0.1, 0.15) is 24.0 Å². The Balaban J connectivity index is 2.24. The molecule has 0 saturated carbocycles. The molecule has 1 atom stereocenters. The molecule has 0 heterocycles. The third-order valence-electron chi connectivity index (χ3n) is 3.34. The predicted octanol–water partition coefficient (Wildman–Crippen LogP) is 2.59. The minimum atomic E-state index is 0.218. The van der Waals surface area contributed by atoms with Crippen molar-refractivity contribution in [2.45, 2.75) is 26.2 Å². The molecule has 1 rings (SSSR count). The van der Waals surface area contributed by atoms with Gasteiger partial charge >= 0.3 is 0 Å². The first kappa shape index (κ1) is 16.2. The first-order valence-corrected chi connectivity index (χ1v) is 7.00. The first-order chi connectivity index (χ1) is 9.27. The minimum Gasteiger partial charge on any atom is -0.396 e. The molecule has 0 radical (unpaired) electrons. The van der Waals surface area contributed by atoms with E-state index in [-0.39, 0.29) is 12.5 Å². The molecule has 0 aliphatic carbocycles. The molecule has 0 aromatic heterocycles. The fourth-order valence-corrected chi connectivity index (χ4v) is 2.07. The van der Waals surface area contributed by atoms with E-state index in [4.69, 9.17) is 9.47 Å². The van der Waals surface area contributed by atoms with Crippen LogP contribution in [0.4, 0.5) is 0 Å². The number of benzene rings is 1. The van der Waals surface area contributed by atoms with Crippen LogP contribution in [0.25, 0.3) is 0 Å². The smallest absolute Gasteiger partial charge is 0.0487 e. The van der Waals surface area contributed by atoms with Crippen LogP contribution in [0, 0.1) is 12.8 Å². The number of rotatable bonds is 10. The summed E-state index contributed by atoms with van der Waals surface area (Å²) in [6.07, 6.45) is 2.75. The summed E-state index contributed by atoms with van der Waals surface area (Å²) >= 11 is 0. The van der Waals surface area contributed by atoms with E-state index in [1.807, 2.05) is 6.07 Å². The minimum absolute atomic E-state index is 0.218. The highest BCUT2D eigenvalue weighted by molar-refractivity contribution is 5.25. The van der Waals surface area contributed by atoms with Crippen molar-refractivity contribution in [3.05, 3.63) is 35.4 Å². The third kappa shape index (κ3) is 6.71. The normalized spacial score (nSPS) is 12.6. The molecule has 19 heavy (non-hydrogen) atoms. The van der Waals surface area contributed by atoms with Crippen LogP contribution in [0.5, 0.6) is 0 Å². The second kappa shape index (κ2) is 9.96. The zero-order chi connectivity index (χ0) is 13.9. The van der Waals surface area contributed by atoms with Crippen LogP contribution in [-0.2, 0) is 15.9 Å². The maximum atomic E-state index is 9.44. The highest BCUT2D eigenvalue weighted by atomic mass is 16.5. The zero-order valence-corrected chi connectivity index (χ0v) is 12.1. The second-order valence-corrected chi connectivity index (χ2v) is 4.93. The number of aryl methyl sites for hydroxylation is 1. The van der Waals surface area contributed by atoms with Crippen LogP contribution in [0.2, 0.25) is 0 Å². The molecule has 3 heteroatoms. The van der Waals surface area contributed by atoms with Crippen molar-refractivity contribution in [2.24, 2.45) is 5.92 Å². The molecule has 0 bridgehead atoms. The van der Waals surface area contributed by atoms with Crippen molar-refractivity contribution in [1.29, 1.82) is 0 Å². The Morgan fingerprint density at radius 1 is 1.16 bits per heavy atom. The Kier molecular flexibility index (Phi) is 8.47. The van der Waals surface area contributed by atoms with Crippen LogP contribution < -0.4 is 0 Å². The molecular weight excluding hydrogens is 240 g/mol. The average molecular weight is 266 g/mol. The summed E-state index contributed by atoms with van der Waals surface area (Å²) in [5, 5.41) is 9.44. The van der Waals surface area contributed by atoms with E-state index in [1.165, 1.54) is 11.1 Å². The van der Waals surface area contributed by atoms with Gasteiger partial charge < -0.3 is 14.6 Å². The molecular formula is C16H26O3. The van der Waals surface area contributed by atoms with Crippen LogP contribution in [0.15, 0.2) is 24.3 Å². The van der Waals surface area contributed by atoms with Crippen LogP contribution in [0.3, 0.4) is 0 Å². The Morgan fingerprint density at radius 3 is 2.63 bits per heavy atom. The molecule has 3 nitrogen and oxygen atoms in total. The van der Waals surface area contributed by atoms with Gasteiger partial charge in [-0.2, -0.15) is 0 Å². The first-order valence-electron chi connectivity index (χ1n) is 7.00. The van der Waals surface area contributed by atoms with Gasteiger partial charge in [-0.15, -0.1) is 0 Å². The summed E-state index contributed by atoms with van der Waals surface area (Å²) in [6, 6.07) is 8.35. The van der Waals surface area contributed by atoms with Crippen molar-refractivity contribution < 1.29 is 14.6 Å². The van der Waals surface area contributed by atoms with Gasteiger partial charge in [-0.25, -0.2) is 0 Å². The standard InChI is InChI=1S/C16H26O3/c1-14-6-3-4-7-16(14)12-15(13-17)8-11-19-10-5-9-18-2/h3-4,6-7,15,17H,5,8-13H2,1-2H3. The second-order valence-electron chi connectivity index (χ2n) is 4.93. The molecule has 0 aliphatic heterocycles. The number of methoxy groups -OCH3 is 1. The van der Waals surface area contributed by atoms with E-state index < -0.39 is 0 Å². The van der Waals surface area contributed by atoms with Crippen molar-refractivity contribution in [3.63, 3.8) is 0 Å². The Hall–Kier alpha value is -0.900. The lowest BCUT2D eigenvalue weighted by Gasteiger charge is -2.15. The highest BCUT2D eigenvalue weighted by Crippen LogP contribution is 2.15. The molecule has 0 saturated heterocycles. The lowest BCUT2D eigenvalue weighted by atomic mass is 9.94. The summed E-state index contributed by atoms with van der Waals surface area (Å²) in [5.41, 5.74) is 2.61. The van der Waals surface area contributed by atoms with E-state index >= 15 is 0 Å². The Bertz CT molecular complexity index is 339. The van der Waals surface area contributed by atoms with Gasteiger partial charge in [-0.3, -0.25) is 0 Å². The highest BCUT2D eigenvalue weighted by Gasteiger charge is 2.10. The molecule has 0 fully saturated rings. The van der Waals surface area contributed by atoms with Gasteiger partial charge in [0, 0.05) is 33.5 Å². The number of ether oxygens (including phenoxy) is 2. The number of aliphatic hydroxyl groups excluding tert-OH is 1. The van der Waals surface area contributed by atoms with Crippen molar-refractivity contribution >= 4 is 0 Å². The lowest BCUT2D eigenvalue weighted by Crippen LogP contribution is -2.14. The van der Waals surface area contributed by atoms with Gasteiger partial charge in [0.25, 0.3) is 0 Å². The van der Waals surface area contributed by atoms with Gasteiger partial charge in [0.15, 0.2) is 0 Å². The average Bonchev–Trinajstić information content (AvgIpc) is 2.43. The number of hydrogen-bond donors (Lipinski definition) is 1. The van der Waals surface area contributed by atoms with Gasteiger partial charge in [0.1, 0.15) is 0 Å². The number of hydrogen-bond acceptors (Lipinski definition) is 3. The molecule has 1 aromatic carbocycles. The molecule has 0 aliphatic rings. The summed E-state index contributed by atoms with van der Waals surface area (Å²) in [4.78, 5) is 0. The lowest BCUT2D eigenvalue weighted by molar-refractivity contribution is 0.0857. The summed E-state index contributed by atoms with van der Waals surface area (Å²) in [6.45, 7) is 4.52. The van der Waals surface area contributed by atoms with Gasteiger partial charge in [0.05, 0.1) is 0 Å². The van der Waals surface area contributed by atoms with Crippen molar-refractivity contribution in [2.75, 3.05) is 33.5 Å². The fourth-order valence-electron chi connectivity index (χ4n) is 2.07. The topological polar surface area (TPSA) is 38.7 Å². The quantitative estimate of drug-likeness (QED) is 0.662. The summed E-state index contributed by atoms with van der Waals surface area (Å²) in [5.74, 6) is 0.281. The van der Waals surface area contributed by atoms with E-state index in [9.17, 15) is 5.11 Å². The monoisotopic (exact) mass is 266 g/mol. The Labute approximate surface area is 116 Å². The Morgan fingerprint density at radius 2 is 1.95 bits per heavy atom. The van der Waals surface area contributed by atoms with Crippen molar-refractivity contribution in [1.82, 2.24) is 0 Å². The third-order valence-corrected chi connectivity index (χ3v) is 3.34. The van der Waals surface area contributed by atoms with E-state index in [0.29, 0.717) is 6.61 Å². The molecule has 1 N–H and O–H groups in total.